The number of hydrogen-bond donors (Lipinski definition) is 1. The number of allylic oxidation sites excluding steroid dienone is 1. The zero-order valence-electron chi connectivity index (χ0n) is 12.7. The monoisotopic (exact) mass is 238 g/mol. The van der Waals surface area contributed by atoms with Crippen molar-refractivity contribution in [3.63, 3.8) is 0 Å². The lowest BCUT2D eigenvalue weighted by Crippen LogP contribution is -2.42. The van der Waals surface area contributed by atoms with E-state index in [1.165, 1.54) is 0 Å². The minimum absolute atomic E-state index is 0.154. The van der Waals surface area contributed by atoms with Crippen LogP contribution in [0.2, 0.25) is 0 Å². The van der Waals surface area contributed by atoms with Crippen LogP contribution in [0.15, 0.2) is 16.8 Å². The summed E-state index contributed by atoms with van der Waals surface area (Å²) in [5, 5.41) is 3.45. The van der Waals surface area contributed by atoms with Gasteiger partial charge in [-0.3, -0.25) is 4.99 Å². The molecule has 1 unspecified atom stereocenters. The predicted molar refractivity (Wildman–Crippen MR) is 78.7 cm³/mol. The van der Waals surface area contributed by atoms with Crippen LogP contribution in [-0.2, 0) is 0 Å². The van der Waals surface area contributed by atoms with Gasteiger partial charge in [0.25, 0.3) is 0 Å². The highest BCUT2D eigenvalue weighted by molar-refractivity contribution is 5.58. The van der Waals surface area contributed by atoms with Gasteiger partial charge in [0.2, 0.25) is 0 Å². The molecular formula is C15H30N2. The molecule has 0 amide bonds. The van der Waals surface area contributed by atoms with Crippen molar-refractivity contribution in [3.8, 4) is 0 Å². The minimum Gasteiger partial charge on any atom is -0.314 e. The van der Waals surface area contributed by atoms with Crippen LogP contribution in [0, 0.1) is 5.41 Å². The van der Waals surface area contributed by atoms with Gasteiger partial charge < -0.3 is 5.32 Å². The lowest BCUT2D eigenvalue weighted by atomic mass is 9.79. The molecule has 2 nitrogen and oxygen atoms in total. The fraction of sp³-hybridized carbons (Fsp3) is 0.800. The van der Waals surface area contributed by atoms with Crippen LogP contribution < -0.4 is 5.32 Å². The zero-order valence-corrected chi connectivity index (χ0v) is 12.7. The van der Waals surface area contributed by atoms with E-state index in [2.05, 4.69) is 57.9 Å². The average Bonchev–Trinajstić information content (AvgIpc) is 2.21. The second-order valence-corrected chi connectivity index (χ2v) is 6.32. The second kappa shape index (κ2) is 6.95. The zero-order chi connectivity index (χ0) is 13.5. The second-order valence-electron chi connectivity index (χ2n) is 6.32. The molecule has 0 aliphatic heterocycles. The Morgan fingerprint density at radius 3 is 2.24 bits per heavy atom. The van der Waals surface area contributed by atoms with Crippen molar-refractivity contribution in [2.24, 2.45) is 10.4 Å². The molecule has 0 rings (SSSR count). The van der Waals surface area contributed by atoms with Crippen LogP contribution in [0.3, 0.4) is 0 Å². The van der Waals surface area contributed by atoms with Crippen molar-refractivity contribution in [2.75, 3.05) is 7.05 Å². The maximum atomic E-state index is 4.38. The number of hydrogen-bond acceptors (Lipinski definition) is 2. The van der Waals surface area contributed by atoms with E-state index in [1.807, 2.05) is 13.3 Å². The highest BCUT2D eigenvalue weighted by Crippen LogP contribution is 2.29. The standard InChI is InChI=1S/C15H30N2/c1-8-11-17-13(2)9-10-15(6,16-7)12-14(3,4)5/h9,11,16H,8,10,12H2,1-7H3/b13-9-,17-11?. The van der Waals surface area contributed by atoms with Gasteiger partial charge in [0, 0.05) is 17.5 Å². The maximum absolute atomic E-state index is 4.38. The molecule has 0 aromatic carbocycles. The summed E-state index contributed by atoms with van der Waals surface area (Å²) in [6.07, 6.45) is 7.36. The lowest BCUT2D eigenvalue weighted by molar-refractivity contribution is 0.237. The largest absolute Gasteiger partial charge is 0.314 e. The molecular weight excluding hydrogens is 208 g/mol. The summed E-state index contributed by atoms with van der Waals surface area (Å²) in [4.78, 5) is 4.38. The van der Waals surface area contributed by atoms with Crippen LogP contribution in [0.25, 0.3) is 0 Å². The third kappa shape index (κ3) is 8.14. The van der Waals surface area contributed by atoms with Gasteiger partial charge in [-0.15, -0.1) is 0 Å². The molecule has 0 aromatic heterocycles. The number of nitrogens with zero attached hydrogens (tertiary/aromatic N) is 1. The first-order chi connectivity index (χ1) is 7.72. The van der Waals surface area contributed by atoms with Gasteiger partial charge in [-0.05, 0) is 45.6 Å². The van der Waals surface area contributed by atoms with Gasteiger partial charge in [0.15, 0.2) is 0 Å². The Labute approximate surface area is 108 Å². The predicted octanol–water partition coefficient (Wildman–Crippen LogP) is 4.18. The van der Waals surface area contributed by atoms with E-state index in [1.54, 1.807) is 0 Å². The highest BCUT2D eigenvalue weighted by atomic mass is 14.9. The van der Waals surface area contributed by atoms with Crippen molar-refractivity contribution in [3.05, 3.63) is 11.8 Å². The van der Waals surface area contributed by atoms with E-state index in [0.29, 0.717) is 5.41 Å². The molecule has 0 saturated heterocycles. The van der Waals surface area contributed by atoms with Crippen LogP contribution in [0.4, 0.5) is 0 Å². The fourth-order valence-corrected chi connectivity index (χ4v) is 2.09. The third-order valence-electron chi connectivity index (χ3n) is 2.85. The van der Waals surface area contributed by atoms with Crippen molar-refractivity contribution in [1.82, 2.24) is 5.32 Å². The van der Waals surface area contributed by atoms with Crippen molar-refractivity contribution in [1.29, 1.82) is 0 Å². The molecule has 0 aliphatic rings. The Hall–Kier alpha value is -0.630. The molecule has 0 radical (unpaired) electrons. The molecule has 1 N–H and O–H groups in total. The number of nitrogens with one attached hydrogen (secondary N) is 1. The maximum Gasteiger partial charge on any atom is 0.0329 e. The molecule has 0 bridgehead atoms. The Bertz CT molecular complexity index is 271. The quantitative estimate of drug-likeness (QED) is 0.690. The number of aliphatic imine (C=N–C) groups is 1. The summed E-state index contributed by atoms with van der Waals surface area (Å²) in [6.45, 7) is 13.3. The van der Waals surface area contributed by atoms with E-state index in [0.717, 1.165) is 25.0 Å². The first-order valence-electron chi connectivity index (χ1n) is 6.60. The van der Waals surface area contributed by atoms with Gasteiger partial charge >= 0.3 is 0 Å². The van der Waals surface area contributed by atoms with Crippen LogP contribution >= 0.6 is 0 Å². The van der Waals surface area contributed by atoms with Gasteiger partial charge in [-0.2, -0.15) is 0 Å². The van der Waals surface area contributed by atoms with E-state index in [4.69, 9.17) is 0 Å². The summed E-state index contributed by atoms with van der Waals surface area (Å²) in [7, 11) is 2.05. The highest BCUT2D eigenvalue weighted by Gasteiger charge is 2.27. The summed E-state index contributed by atoms with van der Waals surface area (Å²) in [5.74, 6) is 0. The number of rotatable bonds is 6. The molecule has 100 valence electrons. The lowest BCUT2D eigenvalue weighted by Gasteiger charge is -2.35. The summed E-state index contributed by atoms with van der Waals surface area (Å²) in [6, 6.07) is 0. The minimum atomic E-state index is 0.154. The molecule has 17 heavy (non-hydrogen) atoms. The molecule has 0 saturated carbocycles. The molecule has 0 aromatic rings. The Kier molecular flexibility index (Phi) is 6.69. The summed E-state index contributed by atoms with van der Waals surface area (Å²) < 4.78 is 0. The molecule has 0 spiro atoms. The summed E-state index contributed by atoms with van der Waals surface area (Å²) in [5.41, 5.74) is 1.61. The van der Waals surface area contributed by atoms with Crippen molar-refractivity contribution >= 4 is 6.21 Å². The molecule has 2 heteroatoms. The van der Waals surface area contributed by atoms with E-state index in [9.17, 15) is 0 Å². The first kappa shape index (κ1) is 16.4. The smallest absolute Gasteiger partial charge is 0.0329 e. The SMILES string of the molecule is CCC=N/C(C)=C\CC(C)(CC(C)(C)C)NC. The van der Waals surface area contributed by atoms with Crippen LogP contribution in [0.1, 0.15) is 60.8 Å². The van der Waals surface area contributed by atoms with Gasteiger partial charge in [-0.25, -0.2) is 0 Å². The van der Waals surface area contributed by atoms with Gasteiger partial charge in [0.05, 0.1) is 0 Å². The van der Waals surface area contributed by atoms with Crippen molar-refractivity contribution < 1.29 is 0 Å². The van der Waals surface area contributed by atoms with E-state index >= 15 is 0 Å². The Morgan fingerprint density at radius 1 is 1.24 bits per heavy atom. The molecule has 0 fully saturated rings. The molecule has 0 aliphatic carbocycles. The molecule has 0 heterocycles. The van der Waals surface area contributed by atoms with E-state index < -0.39 is 0 Å². The average molecular weight is 238 g/mol. The van der Waals surface area contributed by atoms with Crippen molar-refractivity contribution in [2.45, 2.75) is 66.3 Å². The normalized spacial score (nSPS) is 17.5. The Balaban J connectivity index is 4.54. The molecule has 1 atom stereocenters. The fourth-order valence-electron chi connectivity index (χ4n) is 2.09. The summed E-state index contributed by atoms with van der Waals surface area (Å²) >= 11 is 0. The van der Waals surface area contributed by atoms with E-state index in [-0.39, 0.29) is 5.54 Å². The van der Waals surface area contributed by atoms with Gasteiger partial charge in [-0.1, -0.05) is 33.8 Å². The van der Waals surface area contributed by atoms with Gasteiger partial charge in [0.1, 0.15) is 0 Å². The third-order valence-corrected chi connectivity index (χ3v) is 2.85. The first-order valence-corrected chi connectivity index (χ1v) is 6.60. The topological polar surface area (TPSA) is 24.4 Å². The van der Waals surface area contributed by atoms with Crippen LogP contribution in [0.5, 0.6) is 0 Å². The Morgan fingerprint density at radius 2 is 1.82 bits per heavy atom. The van der Waals surface area contributed by atoms with Crippen LogP contribution in [-0.4, -0.2) is 18.8 Å².